The number of carbonyl (C=O) groups is 2. The number of anilines is 1. The summed E-state index contributed by atoms with van der Waals surface area (Å²) >= 11 is 0. The number of para-hydroxylation sites is 1. The van der Waals surface area contributed by atoms with E-state index in [4.69, 9.17) is 0 Å². The van der Waals surface area contributed by atoms with Crippen molar-refractivity contribution in [3.05, 3.63) is 29.8 Å². The summed E-state index contributed by atoms with van der Waals surface area (Å²) in [7, 11) is 0. The van der Waals surface area contributed by atoms with E-state index >= 15 is 0 Å². The number of carbonyl (C=O) groups excluding carboxylic acids is 2. The molecule has 1 aliphatic rings. The predicted molar refractivity (Wildman–Crippen MR) is 79.1 cm³/mol. The molecule has 2 N–H and O–H groups in total. The molecule has 6 heteroatoms. The fraction of sp³-hybridized carbons (Fsp3) is 0.500. The molecule has 2 rings (SSSR count). The fourth-order valence-electron chi connectivity index (χ4n) is 2.33. The first kappa shape index (κ1) is 16.4. The topological polar surface area (TPSA) is 58.2 Å². The molecule has 1 aliphatic carbocycles. The predicted octanol–water partition coefficient (Wildman–Crippen LogP) is 2.85. The SMILES string of the molecule is CCCCCNC(=O)C1CC1C(=O)Nc1c(F)cccc1F. The summed E-state index contributed by atoms with van der Waals surface area (Å²) in [6, 6.07) is 3.37. The van der Waals surface area contributed by atoms with Crippen molar-refractivity contribution in [2.75, 3.05) is 11.9 Å². The van der Waals surface area contributed by atoms with Crippen molar-refractivity contribution in [1.29, 1.82) is 0 Å². The van der Waals surface area contributed by atoms with Gasteiger partial charge in [0, 0.05) is 6.54 Å². The van der Waals surface area contributed by atoms with E-state index < -0.39 is 35.1 Å². The van der Waals surface area contributed by atoms with Crippen LogP contribution in [0.15, 0.2) is 18.2 Å². The Balaban J connectivity index is 1.82. The van der Waals surface area contributed by atoms with Crippen LogP contribution >= 0.6 is 0 Å². The molecule has 0 aliphatic heterocycles. The molecule has 0 radical (unpaired) electrons. The van der Waals surface area contributed by atoms with Crippen LogP contribution < -0.4 is 10.6 Å². The fourth-order valence-corrected chi connectivity index (χ4v) is 2.33. The Morgan fingerprint density at radius 1 is 1.14 bits per heavy atom. The van der Waals surface area contributed by atoms with Crippen LogP contribution in [0.4, 0.5) is 14.5 Å². The molecule has 0 bridgehead atoms. The zero-order valence-corrected chi connectivity index (χ0v) is 12.5. The lowest BCUT2D eigenvalue weighted by molar-refractivity contribution is -0.125. The van der Waals surface area contributed by atoms with E-state index in [1.54, 1.807) is 0 Å². The van der Waals surface area contributed by atoms with E-state index in [1.165, 1.54) is 6.07 Å². The van der Waals surface area contributed by atoms with Crippen LogP contribution in [-0.4, -0.2) is 18.4 Å². The van der Waals surface area contributed by atoms with E-state index in [2.05, 4.69) is 17.6 Å². The molecular weight excluding hydrogens is 290 g/mol. The minimum atomic E-state index is -0.824. The lowest BCUT2D eigenvalue weighted by Crippen LogP contribution is -2.28. The van der Waals surface area contributed by atoms with Gasteiger partial charge in [-0.25, -0.2) is 8.78 Å². The monoisotopic (exact) mass is 310 g/mol. The normalized spacial score (nSPS) is 19.6. The van der Waals surface area contributed by atoms with E-state index in [0.29, 0.717) is 13.0 Å². The summed E-state index contributed by atoms with van der Waals surface area (Å²) in [4.78, 5) is 23.8. The Hall–Kier alpha value is -1.98. The van der Waals surface area contributed by atoms with Crippen molar-refractivity contribution in [2.45, 2.75) is 32.6 Å². The second-order valence-electron chi connectivity index (χ2n) is 5.53. The van der Waals surface area contributed by atoms with Gasteiger partial charge in [-0.2, -0.15) is 0 Å². The maximum atomic E-state index is 13.5. The Morgan fingerprint density at radius 2 is 1.77 bits per heavy atom. The van der Waals surface area contributed by atoms with Crippen molar-refractivity contribution in [3.8, 4) is 0 Å². The average Bonchev–Trinajstić information content (AvgIpc) is 3.28. The zero-order chi connectivity index (χ0) is 16.1. The largest absolute Gasteiger partial charge is 0.356 e. The summed E-state index contributed by atoms with van der Waals surface area (Å²) in [6.45, 7) is 2.67. The molecule has 1 aromatic carbocycles. The molecule has 0 spiro atoms. The molecule has 22 heavy (non-hydrogen) atoms. The smallest absolute Gasteiger partial charge is 0.228 e. The quantitative estimate of drug-likeness (QED) is 0.761. The first-order valence-electron chi connectivity index (χ1n) is 7.57. The van der Waals surface area contributed by atoms with Crippen molar-refractivity contribution < 1.29 is 18.4 Å². The number of unbranched alkanes of at least 4 members (excludes halogenated alkanes) is 2. The molecule has 4 nitrogen and oxygen atoms in total. The van der Waals surface area contributed by atoms with Gasteiger partial charge in [0.25, 0.3) is 0 Å². The molecule has 2 atom stereocenters. The molecule has 1 aromatic rings. The second kappa shape index (κ2) is 7.33. The number of halogens is 2. The highest BCUT2D eigenvalue weighted by molar-refractivity contribution is 5.99. The molecule has 2 unspecified atom stereocenters. The van der Waals surface area contributed by atoms with Crippen LogP contribution in [0, 0.1) is 23.5 Å². The summed E-state index contributed by atoms with van der Waals surface area (Å²) in [6.07, 6.45) is 3.44. The molecule has 1 fully saturated rings. The lowest BCUT2D eigenvalue weighted by atomic mass is 10.2. The van der Waals surface area contributed by atoms with Crippen molar-refractivity contribution in [1.82, 2.24) is 5.32 Å². The van der Waals surface area contributed by atoms with Gasteiger partial charge in [0.1, 0.15) is 17.3 Å². The standard InChI is InChI=1S/C16H20F2N2O2/c1-2-3-4-8-19-15(21)10-9-11(10)16(22)20-14-12(17)6-5-7-13(14)18/h5-7,10-11H,2-4,8-9H2,1H3,(H,19,21)(H,20,22). The van der Waals surface area contributed by atoms with E-state index in [0.717, 1.165) is 31.4 Å². The van der Waals surface area contributed by atoms with Crippen molar-refractivity contribution in [2.24, 2.45) is 11.8 Å². The zero-order valence-electron chi connectivity index (χ0n) is 12.5. The number of rotatable bonds is 7. The van der Waals surface area contributed by atoms with E-state index in [-0.39, 0.29) is 5.91 Å². The minimum Gasteiger partial charge on any atom is -0.356 e. The number of amides is 2. The van der Waals surface area contributed by atoms with Gasteiger partial charge in [-0.3, -0.25) is 9.59 Å². The van der Waals surface area contributed by atoms with Crippen molar-refractivity contribution in [3.63, 3.8) is 0 Å². The summed E-state index contributed by atoms with van der Waals surface area (Å²) < 4.78 is 26.9. The highest BCUT2D eigenvalue weighted by Crippen LogP contribution is 2.39. The highest BCUT2D eigenvalue weighted by Gasteiger charge is 2.48. The molecular formula is C16H20F2N2O2. The second-order valence-corrected chi connectivity index (χ2v) is 5.53. The maximum Gasteiger partial charge on any atom is 0.228 e. The number of hydrogen-bond donors (Lipinski definition) is 2. The van der Waals surface area contributed by atoms with Gasteiger partial charge < -0.3 is 10.6 Å². The Labute approximate surface area is 128 Å². The van der Waals surface area contributed by atoms with Crippen LogP contribution in [0.2, 0.25) is 0 Å². The lowest BCUT2D eigenvalue weighted by Gasteiger charge is -2.07. The van der Waals surface area contributed by atoms with Crippen LogP contribution in [0.3, 0.4) is 0 Å². The summed E-state index contributed by atoms with van der Waals surface area (Å²) in [5.41, 5.74) is -0.457. The third-order valence-electron chi connectivity index (χ3n) is 3.75. The number of nitrogens with one attached hydrogen (secondary N) is 2. The van der Waals surface area contributed by atoms with Gasteiger partial charge in [0.15, 0.2) is 0 Å². The Bertz CT molecular complexity index is 543. The summed E-state index contributed by atoms with van der Waals surface area (Å²) in [5.74, 6) is -3.23. The summed E-state index contributed by atoms with van der Waals surface area (Å²) in [5, 5.41) is 5.02. The van der Waals surface area contributed by atoms with E-state index in [9.17, 15) is 18.4 Å². The number of benzene rings is 1. The molecule has 2 amide bonds. The van der Waals surface area contributed by atoms with Gasteiger partial charge in [-0.1, -0.05) is 25.8 Å². The average molecular weight is 310 g/mol. The van der Waals surface area contributed by atoms with Crippen molar-refractivity contribution >= 4 is 17.5 Å². The molecule has 1 saturated carbocycles. The first-order chi connectivity index (χ1) is 10.5. The van der Waals surface area contributed by atoms with Gasteiger partial charge in [-0.05, 0) is 25.0 Å². The third kappa shape index (κ3) is 4.02. The first-order valence-corrected chi connectivity index (χ1v) is 7.57. The van der Waals surface area contributed by atoms with Gasteiger partial charge >= 0.3 is 0 Å². The third-order valence-corrected chi connectivity index (χ3v) is 3.75. The van der Waals surface area contributed by atoms with Gasteiger partial charge in [0.05, 0.1) is 11.8 Å². The highest BCUT2D eigenvalue weighted by atomic mass is 19.1. The van der Waals surface area contributed by atoms with Crippen LogP contribution in [0.25, 0.3) is 0 Å². The number of hydrogen-bond acceptors (Lipinski definition) is 2. The molecule has 0 heterocycles. The van der Waals surface area contributed by atoms with Gasteiger partial charge in [0.2, 0.25) is 11.8 Å². The Morgan fingerprint density at radius 3 is 2.41 bits per heavy atom. The van der Waals surface area contributed by atoms with Crippen LogP contribution in [0.1, 0.15) is 32.6 Å². The molecule has 0 saturated heterocycles. The van der Waals surface area contributed by atoms with E-state index in [1.807, 2.05) is 0 Å². The Kier molecular flexibility index (Phi) is 5.46. The molecule has 0 aromatic heterocycles. The van der Waals surface area contributed by atoms with Crippen LogP contribution in [-0.2, 0) is 9.59 Å². The molecule has 120 valence electrons. The van der Waals surface area contributed by atoms with Gasteiger partial charge in [-0.15, -0.1) is 0 Å². The van der Waals surface area contributed by atoms with Crippen LogP contribution in [0.5, 0.6) is 0 Å². The minimum absolute atomic E-state index is 0.162. The maximum absolute atomic E-state index is 13.5.